The molecule has 0 unspecified atom stereocenters. The molecule has 10 aromatic carbocycles. The van der Waals surface area contributed by atoms with E-state index in [1.165, 1.54) is 71.6 Å². The van der Waals surface area contributed by atoms with E-state index in [1.807, 2.05) is 0 Å². The Labute approximate surface area is 334 Å². The predicted octanol–water partition coefficient (Wildman–Crippen LogP) is 15.8. The maximum Gasteiger partial charge on any atom is 0.0546 e. The van der Waals surface area contributed by atoms with Gasteiger partial charge >= 0.3 is 0 Å². The summed E-state index contributed by atoms with van der Waals surface area (Å²) in [5.74, 6) is 0. The molecule has 0 amide bonds. The van der Waals surface area contributed by atoms with Gasteiger partial charge in [-0.2, -0.15) is 0 Å². The average Bonchev–Trinajstić information content (AvgIpc) is 3.30. The van der Waals surface area contributed by atoms with Crippen LogP contribution in [0.15, 0.2) is 237 Å². The van der Waals surface area contributed by atoms with Crippen molar-refractivity contribution in [2.24, 2.45) is 0 Å². The second kappa shape index (κ2) is 15.0. The van der Waals surface area contributed by atoms with Crippen LogP contribution in [0, 0.1) is 0 Å². The first-order valence-corrected chi connectivity index (χ1v) is 19.6. The first kappa shape index (κ1) is 34.0. The fourth-order valence-electron chi connectivity index (χ4n) is 8.19. The van der Waals surface area contributed by atoms with Gasteiger partial charge in [0.1, 0.15) is 0 Å². The second-order valence-electron chi connectivity index (χ2n) is 14.5. The maximum absolute atomic E-state index is 2.45. The Bertz CT molecular complexity index is 2980. The van der Waals surface area contributed by atoms with Crippen molar-refractivity contribution >= 4 is 38.6 Å². The minimum atomic E-state index is 1.09. The molecule has 0 aliphatic heterocycles. The minimum Gasteiger partial charge on any atom is -0.309 e. The van der Waals surface area contributed by atoms with E-state index in [9.17, 15) is 0 Å². The van der Waals surface area contributed by atoms with Crippen LogP contribution in [0.5, 0.6) is 0 Å². The monoisotopic (exact) mass is 725 g/mol. The van der Waals surface area contributed by atoms with Crippen molar-refractivity contribution in [2.45, 2.75) is 0 Å². The van der Waals surface area contributed by atoms with E-state index >= 15 is 0 Å². The number of hydrogen-bond acceptors (Lipinski definition) is 1. The third kappa shape index (κ3) is 6.66. The molecule has 0 aromatic heterocycles. The molecule has 0 bridgehead atoms. The Morgan fingerprint density at radius 1 is 0.228 bits per heavy atom. The van der Waals surface area contributed by atoms with Gasteiger partial charge in [0.2, 0.25) is 0 Å². The Hall–Kier alpha value is -7.48. The van der Waals surface area contributed by atoms with Crippen molar-refractivity contribution in [3.8, 4) is 55.6 Å². The molecule has 0 atom stereocenters. The normalized spacial score (nSPS) is 11.2. The molecular weight excluding hydrogens is 687 g/mol. The van der Waals surface area contributed by atoms with Gasteiger partial charge in [-0.3, -0.25) is 0 Å². The molecule has 57 heavy (non-hydrogen) atoms. The molecule has 0 heterocycles. The summed E-state index contributed by atoms with van der Waals surface area (Å²) in [7, 11) is 0. The SMILES string of the molecule is c1ccc(-c2ccccc2N(c2ccc(-c3ccc(-c4cccc5ccccc45)cc3)cc2)c2cc(-c3ccc4ccccc4c3)ccc2-c2ccccc2)cc1. The summed E-state index contributed by atoms with van der Waals surface area (Å²) in [5.41, 5.74) is 15.2. The molecule has 0 fully saturated rings. The van der Waals surface area contributed by atoms with Crippen molar-refractivity contribution in [2.75, 3.05) is 4.90 Å². The molecule has 0 N–H and O–H groups in total. The molecule has 0 aliphatic carbocycles. The van der Waals surface area contributed by atoms with Gasteiger partial charge in [-0.05, 0) is 96.4 Å². The molecule has 0 saturated heterocycles. The lowest BCUT2D eigenvalue weighted by atomic mass is 9.94. The molecule has 0 saturated carbocycles. The standard InChI is InChI=1S/C56H39N/c1-3-15-44(16-4-1)53-23-11-12-25-55(53)57(50-35-32-42(33-36-50)41-26-29-46(30-27-41)52-24-13-21-43-19-9-10-22-51(43)52)56-39-49(34-37-54(56)45-17-5-2-6-18-45)48-31-28-40-14-7-8-20-47(40)38-48/h1-39H. The Morgan fingerprint density at radius 3 is 1.44 bits per heavy atom. The summed E-state index contributed by atoms with van der Waals surface area (Å²) in [6, 6.07) is 85.7. The molecule has 0 aliphatic rings. The van der Waals surface area contributed by atoms with Crippen molar-refractivity contribution in [1.82, 2.24) is 0 Å². The topological polar surface area (TPSA) is 3.24 Å². The van der Waals surface area contributed by atoms with Crippen LogP contribution in [0.3, 0.4) is 0 Å². The highest BCUT2D eigenvalue weighted by Gasteiger charge is 2.21. The summed E-state index contributed by atoms with van der Waals surface area (Å²) >= 11 is 0. The zero-order valence-electron chi connectivity index (χ0n) is 31.5. The predicted molar refractivity (Wildman–Crippen MR) is 243 cm³/mol. The largest absolute Gasteiger partial charge is 0.309 e. The van der Waals surface area contributed by atoms with Crippen molar-refractivity contribution in [3.63, 3.8) is 0 Å². The Balaban J connectivity index is 1.12. The van der Waals surface area contributed by atoms with Crippen LogP contribution in [0.1, 0.15) is 0 Å². The number of fused-ring (bicyclic) bond motifs is 2. The van der Waals surface area contributed by atoms with Crippen molar-refractivity contribution in [1.29, 1.82) is 0 Å². The number of hydrogen-bond donors (Lipinski definition) is 0. The fraction of sp³-hybridized carbons (Fsp3) is 0. The molecule has 268 valence electrons. The van der Waals surface area contributed by atoms with Crippen LogP contribution >= 0.6 is 0 Å². The summed E-state index contributed by atoms with van der Waals surface area (Å²) in [5, 5.41) is 5.00. The third-order valence-corrected chi connectivity index (χ3v) is 11.1. The van der Waals surface area contributed by atoms with Gasteiger partial charge in [-0.15, -0.1) is 0 Å². The molecule has 0 spiro atoms. The van der Waals surface area contributed by atoms with Gasteiger partial charge in [0.15, 0.2) is 0 Å². The Morgan fingerprint density at radius 2 is 0.702 bits per heavy atom. The molecule has 1 heteroatoms. The minimum absolute atomic E-state index is 1.09. The Kier molecular flexibility index (Phi) is 8.95. The molecule has 0 radical (unpaired) electrons. The van der Waals surface area contributed by atoms with Crippen LogP contribution in [0.4, 0.5) is 17.1 Å². The molecular formula is C56H39N. The van der Waals surface area contributed by atoms with Crippen molar-refractivity contribution < 1.29 is 0 Å². The number of anilines is 3. The summed E-state index contributed by atoms with van der Waals surface area (Å²) in [6.07, 6.45) is 0. The van der Waals surface area contributed by atoms with Gasteiger partial charge in [-0.1, -0.05) is 206 Å². The lowest BCUT2D eigenvalue weighted by Crippen LogP contribution is -2.12. The van der Waals surface area contributed by atoms with Gasteiger partial charge in [-0.25, -0.2) is 0 Å². The number of para-hydroxylation sites is 1. The number of rotatable bonds is 8. The first-order valence-electron chi connectivity index (χ1n) is 19.6. The lowest BCUT2D eigenvalue weighted by Gasteiger charge is -2.30. The lowest BCUT2D eigenvalue weighted by molar-refractivity contribution is 1.28. The zero-order chi connectivity index (χ0) is 38.0. The zero-order valence-corrected chi connectivity index (χ0v) is 31.5. The average molecular weight is 726 g/mol. The van der Waals surface area contributed by atoms with Crippen LogP contribution < -0.4 is 4.90 Å². The third-order valence-electron chi connectivity index (χ3n) is 11.1. The van der Waals surface area contributed by atoms with Crippen LogP contribution in [0.2, 0.25) is 0 Å². The second-order valence-corrected chi connectivity index (χ2v) is 14.5. The van der Waals surface area contributed by atoms with E-state index in [-0.39, 0.29) is 0 Å². The molecule has 1 nitrogen and oxygen atoms in total. The highest BCUT2D eigenvalue weighted by Crippen LogP contribution is 2.46. The van der Waals surface area contributed by atoms with Crippen molar-refractivity contribution in [3.05, 3.63) is 237 Å². The quantitative estimate of drug-likeness (QED) is 0.151. The van der Waals surface area contributed by atoms with Crippen LogP contribution in [0.25, 0.3) is 77.2 Å². The van der Waals surface area contributed by atoms with E-state index in [2.05, 4.69) is 241 Å². The summed E-state index contributed by atoms with van der Waals surface area (Å²) < 4.78 is 0. The van der Waals surface area contributed by atoms with E-state index < -0.39 is 0 Å². The first-order chi connectivity index (χ1) is 28.3. The van der Waals surface area contributed by atoms with Crippen LogP contribution in [-0.2, 0) is 0 Å². The van der Waals surface area contributed by atoms with E-state index in [0.717, 1.165) is 22.6 Å². The highest BCUT2D eigenvalue weighted by atomic mass is 15.1. The summed E-state index contributed by atoms with van der Waals surface area (Å²) in [6.45, 7) is 0. The van der Waals surface area contributed by atoms with Crippen LogP contribution in [-0.4, -0.2) is 0 Å². The van der Waals surface area contributed by atoms with Gasteiger partial charge in [0.05, 0.1) is 11.4 Å². The smallest absolute Gasteiger partial charge is 0.0546 e. The maximum atomic E-state index is 2.45. The molecule has 10 rings (SSSR count). The van der Waals surface area contributed by atoms with Gasteiger partial charge in [0, 0.05) is 16.8 Å². The fourth-order valence-corrected chi connectivity index (χ4v) is 8.19. The van der Waals surface area contributed by atoms with E-state index in [4.69, 9.17) is 0 Å². The number of benzene rings is 10. The molecule has 10 aromatic rings. The summed E-state index contributed by atoms with van der Waals surface area (Å²) in [4.78, 5) is 2.45. The highest BCUT2D eigenvalue weighted by molar-refractivity contribution is 5.98. The number of nitrogens with zero attached hydrogens (tertiary/aromatic N) is 1. The van der Waals surface area contributed by atoms with E-state index in [0.29, 0.717) is 0 Å². The van der Waals surface area contributed by atoms with Gasteiger partial charge in [0.25, 0.3) is 0 Å². The van der Waals surface area contributed by atoms with Gasteiger partial charge < -0.3 is 4.90 Å². The van der Waals surface area contributed by atoms with E-state index in [1.54, 1.807) is 0 Å².